The molecule has 1 rings (SSSR count). The summed E-state index contributed by atoms with van der Waals surface area (Å²) in [6.45, 7) is 6.10. The number of carbonyl (C=O) groups excluding carboxylic acids is 2. The van der Waals surface area contributed by atoms with Crippen molar-refractivity contribution in [2.45, 2.75) is 27.2 Å². The molecule has 1 aliphatic rings. The van der Waals surface area contributed by atoms with Crippen molar-refractivity contribution in [1.29, 1.82) is 0 Å². The van der Waals surface area contributed by atoms with Crippen LogP contribution in [0.5, 0.6) is 0 Å². The van der Waals surface area contributed by atoms with Crippen LogP contribution in [0, 0.1) is 11.8 Å². The maximum Gasteiger partial charge on any atom is 0.342 e. The Morgan fingerprint density at radius 2 is 1.92 bits per heavy atom. The van der Waals surface area contributed by atoms with Gasteiger partial charge >= 0.3 is 11.9 Å². The maximum atomic E-state index is 11.1. The molecular weight excluding hydrogens is 168 g/mol. The molecular formula is C10H14O3. The van der Waals surface area contributed by atoms with Crippen LogP contribution in [0.3, 0.4) is 0 Å². The minimum Gasteiger partial charge on any atom is -0.386 e. The maximum absolute atomic E-state index is 11.1. The fourth-order valence-electron chi connectivity index (χ4n) is 1.54. The van der Waals surface area contributed by atoms with Crippen molar-refractivity contribution >= 4 is 11.9 Å². The summed E-state index contributed by atoms with van der Waals surface area (Å²) in [6, 6.07) is 0. The van der Waals surface area contributed by atoms with Crippen LogP contribution in [0.4, 0.5) is 0 Å². The van der Waals surface area contributed by atoms with Gasteiger partial charge in [-0.25, -0.2) is 9.59 Å². The fourth-order valence-corrected chi connectivity index (χ4v) is 1.54. The van der Waals surface area contributed by atoms with E-state index in [1.165, 1.54) is 6.08 Å². The number of esters is 2. The third-order valence-corrected chi connectivity index (χ3v) is 2.06. The summed E-state index contributed by atoms with van der Waals surface area (Å²) in [5.41, 5.74) is 0.513. The zero-order chi connectivity index (χ0) is 10.0. The highest BCUT2D eigenvalue weighted by Gasteiger charge is 2.27. The highest BCUT2D eigenvalue weighted by Crippen LogP contribution is 2.23. The Morgan fingerprint density at radius 1 is 1.31 bits per heavy atom. The molecule has 3 heteroatoms. The molecule has 0 saturated heterocycles. The summed E-state index contributed by atoms with van der Waals surface area (Å²) < 4.78 is 4.41. The Bertz CT molecular complexity index is 263. The summed E-state index contributed by atoms with van der Waals surface area (Å²) >= 11 is 0. The lowest BCUT2D eigenvalue weighted by atomic mass is 9.92. The lowest BCUT2D eigenvalue weighted by Gasteiger charge is -2.12. The van der Waals surface area contributed by atoms with Crippen molar-refractivity contribution < 1.29 is 14.3 Å². The van der Waals surface area contributed by atoms with Gasteiger partial charge in [0.2, 0.25) is 0 Å². The molecule has 0 aromatic rings. The van der Waals surface area contributed by atoms with Gasteiger partial charge in [0.15, 0.2) is 0 Å². The third kappa shape index (κ3) is 2.41. The van der Waals surface area contributed by atoms with E-state index in [0.29, 0.717) is 11.5 Å². The molecule has 1 unspecified atom stereocenters. The van der Waals surface area contributed by atoms with E-state index >= 15 is 0 Å². The van der Waals surface area contributed by atoms with E-state index in [-0.39, 0.29) is 5.92 Å². The Labute approximate surface area is 77.8 Å². The van der Waals surface area contributed by atoms with Crippen LogP contribution < -0.4 is 0 Å². The Hall–Kier alpha value is -1.12. The van der Waals surface area contributed by atoms with Gasteiger partial charge in [0, 0.05) is 11.6 Å². The second-order valence-corrected chi connectivity index (χ2v) is 3.84. The van der Waals surface area contributed by atoms with Gasteiger partial charge < -0.3 is 4.74 Å². The van der Waals surface area contributed by atoms with Gasteiger partial charge in [0.1, 0.15) is 0 Å². The quantitative estimate of drug-likeness (QED) is 0.492. The van der Waals surface area contributed by atoms with Crippen LogP contribution in [0.15, 0.2) is 11.6 Å². The lowest BCUT2D eigenvalue weighted by Crippen LogP contribution is -2.10. The molecule has 0 radical (unpaired) electrons. The molecule has 1 heterocycles. The van der Waals surface area contributed by atoms with E-state index in [2.05, 4.69) is 18.6 Å². The van der Waals surface area contributed by atoms with Crippen LogP contribution in [-0.2, 0) is 14.3 Å². The van der Waals surface area contributed by atoms with Gasteiger partial charge in [-0.05, 0) is 18.3 Å². The third-order valence-electron chi connectivity index (χ3n) is 2.06. The summed E-state index contributed by atoms with van der Waals surface area (Å²) in [7, 11) is 0. The Balaban J connectivity index is 2.66. The first-order valence-electron chi connectivity index (χ1n) is 4.48. The first kappa shape index (κ1) is 9.96. The van der Waals surface area contributed by atoms with Crippen LogP contribution >= 0.6 is 0 Å². The molecule has 3 nitrogen and oxygen atoms in total. The van der Waals surface area contributed by atoms with Crippen molar-refractivity contribution in [3.05, 3.63) is 11.6 Å². The summed E-state index contributed by atoms with van der Waals surface area (Å²) in [6.07, 6.45) is 2.20. The number of hydrogen-bond donors (Lipinski definition) is 0. The van der Waals surface area contributed by atoms with Crippen molar-refractivity contribution in [2.24, 2.45) is 11.8 Å². The number of carbonyl (C=O) groups is 2. The van der Waals surface area contributed by atoms with Gasteiger partial charge in [-0.15, -0.1) is 0 Å². The first-order valence-corrected chi connectivity index (χ1v) is 4.48. The predicted molar refractivity (Wildman–Crippen MR) is 47.8 cm³/mol. The largest absolute Gasteiger partial charge is 0.386 e. The summed E-state index contributed by atoms with van der Waals surface area (Å²) in [5.74, 6) is -0.382. The average Bonchev–Trinajstić information content (AvgIpc) is 2.28. The van der Waals surface area contributed by atoms with Crippen molar-refractivity contribution in [2.75, 3.05) is 0 Å². The van der Waals surface area contributed by atoms with Crippen LogP contribution in [-0.4, -0.2) is 11.9 Å². The van der Waals surface area contributed by atoms with Gasteiger partial charge in [0.25, 0.3) is 0 Å². The zero-order valence-electron chi connectivity index (χ0n) is 8.16. The standard InChI is InChI=1S/C10H14O3/c1-6(2)4-7(3)8-5-9(11)13-10(8)12/h5-7H,4H2,1-3H3. The predicted octanol–water partition coefficient (Wildman–Crippen LogP) is 1.68. The molecule has 0 amide bonds. The Morgan fingerprint density at radius 3 is 2.31 bits per heavy atom. The minimum absolute atomic E-state index is 0.110. The first-order chi connectivity index (χ1) is 6.00. The van der Waals surface area contributed by atoms with Gasteiger partial charge in [-0.2, -0.15) is 0 Å². The number of ether oxygens (including phenoxy) is 1. The van der Waals surface area contributed by atoms with Crippen LogP contribution in [0.25, 0.3) is 0 Å². The number of hydrogen-bond acceptors (Lipinski definition) is 3. The smallest absolute Gasteiger partial charge is 0.342 e. The van der Waals surface area contributed by atoms with Crippen LogP contribution in [0.2, 0.25) is 0 Å². The van der Waals surface area contributed by atoms with Gasteiger partial charge in [0.05, 0.1) is 0 Å². The summed E-state index contributed by atoms with van der Waals surface area (Å²) in [4.78, 5) is 21.8. The number of cyclic esters (lactones) is 2. The molecule has 0 fully saturated rings. The fraction of sp³-hybridized carbons (Fsp3) is 0.600. The molecule has 0 aromatic heterocycles. The highest BCUT2D eigenvalue weighted by molar-refractivity contribution is 6.09. The van der Waals surface area contributed by atoms with E-state index in [1.54, 1.807) is 0 Å². The van der Waals surface area contributed by atoms with E-state index in [0.717, 1.165) is 6.42 Å². The normalized spacial score (nSPS) is 18.9. The highest BCUT2D eigenvalue weighted by atomic mass is 16.6. The average molecular weight is 182 g/mol. The molecule has 13 heavy (non-hydrogen) atoms. The van der Waals surface area contributed by atoms with Crippen molar-refractivity contribution in [1.82, 2.24) is 0 Å². The van der Waals surface area contributed by atoms with E-state index in [9.17, 15) is 9.59 Å². The minimum atomic E-state index is -0.532. The lowest BCUT2D eigenvalue weighted by molar-refractivity contribution is -0.150. The molecule has 0 aliphatic carbocycles. The molecule has 1 atom stereocenters. The van der Waals surface area contributed by atoms with Gasteiger partial charge in [-0.1, -0.05) is 20.8 Å². The van der Waals surface area contributed by atoms with Crippen molar-refractivity contribution in [3.8, 4) is 0 Å². The van der Waals surface area contributed by atoms with E-state index in [1.807, 2.05) is 6.92 Å². The molecule has 0 saturated carbocycles. The van der Waals surface area contributed by atoms with Gasteiger partial charge in [-0.3, -0.25) is 0 Å². The second-order valence-electron chi connectivity index (χ2n) is 3.84. The van der Waals surface area contributed by atoms with Crippen LogP contribution in [0.1, 0.15) is 27.2 Å². The van der Waals surface area contributed by atoms with Crippen molar-refractivity contribution in [3.63, 3.8) is 0 Å². The molecule has 1 aliphatic heterocycles. The number of rotatable bonds is 3. The summed E-state index contributed by atoms with van der Waals surface area (Å²) in [5, 5.41) is 0. The van der Waals surface area contributed by atoms with E-state index < -0.39 is 11.9 Å². The molecule has 0 aromatic carbocycles. The van der Waals surface area contributed by atoms with E-state index in [4.69, 9.17) is 0 Å². The topological polar surface area (TPSA) is 43.4 Å². The monoisotopic (exact) mass is 182 g/mol. The molecule has 0 bridgehead atoms. The molecule has 0 N–H and O–H groups in total. The SMILES string of the molecule is CC(C)CC(C)C1=CC(=O)OC1=O. The molecule has 72 valence electrons. The molecule has 0 spiro atoms. The zero-order valence-corrected chi connectivity index (χ0v) is 8.16. The second kappa shape index (κ2) is 3.73. The Kier molecular flexibility index (Phi) is 2.86.